The first-order chi connectivity index (χ1) is 6.52. The summed E-state index contributed by atoms with van der Waals surface area (Å²) in [4.78, 5) is 0. The number of hydrogen-bond acceptors (Lipinski definition) is 6. The first-order valence-electron chi connectivity index (χ1n) is 4.71. The molecule has 0 bridgehead atoms. The van der Waals surface area contributed by atoms with Crippen molar-refractivity contribution in [1.82, 2.24) is 0 Å². The molecule has 15 heavy (non-hydrogen) atoms. The van der Waals surface area contributed by atoms with Gasteiger partial charge in [0.2, 0.25) is 0 Å². The zero-order valence-corrected chi connectivity index (χ0v) is 13.8. The second-order valence-electron chi connectivity index (χ2n) is 4.54. The van der Waals surface area contributed by atoms with Gasteiger partial charge in [-0.25, -0.2) is 0 Å². The summed E-state index contributed by atoms with van der Waals surface area (Å²) >= 11 is 0. The minimum absolute atomic E-state index is 1.76. The first-order valence-corrected chi connectivity index (χ1v) is 14.1. The Balaban J connectivity index is 2.85. The van der Waals surface area contributed by atoms with Gasteiger partial charge in [0.15, 0.2) is 0 Å². The summed E-state index contributed by atoms with van der Waals surface area (Å²) in [6.07, 6.45) is 0. The maximum atomic E-state index is 5.93. The number of nitrogens with two attached hydrogens (primary N) is 2. The third-order valence-electron chi connectivity index (χ3n) is 1.59. The van der Waals surface area contributed by atoms with E-state index < -0.39 is 35.3 Å². The largest absolute Gasteiger partial charge is 0.577 e. The molecule has 0 saturated carbocycles. The smallest absolute Gasteiger partial charge is 0.370 e. The highest BCUT2D eigenvalue weighted by Crippen LogP contribution is 2.22. The normalized spacial score (nSPS) is 37.0. The molecule has 1 atom stereocenters. The summed E-state index contributed by atoms with van der Waals surface area (Å²) in [6.45, 7) is 9.52. The molecule has 0 aromatic heterocycles. The molecule has 1 fully saturated rings. The van der Waals surface area contributed by atoms with E-state index in [-0.39, 0.29) is 0 Å². The quantitative estimate of drug-likeness (QED) is 0.606. The van der Waals surface area contributed by atoms with Crippen molar-refractivity contribution in [2.45, 2.75) is 32.7 Å². The molecule has 0 amide bonds. The van der Waals surface area contributed by atoms with E-state index in [2.05, 4.69) is 0 Å². The molecule has 90 valence electrons. The van der Waals surface area contributed by atoms with Gasteiger partial charge in [0.25, 0.3) is 8.56 Å². The predicted octanol–water partition coefficient (Wildman–Crippen LogP) is -0.0590. The Morgan fingerprint density at radius 3 is 1.93 bits per heavy atom. The fourth-order valence-corrected chi connectivity index (χ4v) is 15.9. The van der Waals surface area contributed by atoms with Gasteiger partial charge < -0.3 is 27.3 Å². The van der Waals surface area contributed by atoms with Crippen LogP contribution in [0.5, 0.6) is 0 Å². The third kappa shape index (κ3) is 4.56. The second kappa shape index (κ2) is 4.14. The fraction of sp³-hybridized carbons (Fsp3) is 1.00. The van der Waals surface area contributed by atoms with Crippen LogP contribution in [0, 0.1) is 0 Å². The Morgan fingerprint density at radius 1 is 0.867 bits per heavy atom. The summed E-state index contributed by atoms with van der Waals surface area (Å²) in [5, 5.41) is 11.7. The van der Waals surface area contributed by atoms with E-state index in [4.69, 9.17) is 27.3 Å². The van der Waals surface area contributed by atoms with Crippen LogP contribution in [0.4, 0.5) is 0 Å². The minimum atomic E-state index is -2.68. The van der Waals surface area contributed by atoms with E-state index in [1.54, 1.807) is 6.55 Å². The molecule has 10 heteroatoms. The van der Waals surface area contributed by atoms with Crippen LogP contribution in [0.3, 0.4) is 0 Å². The molecule has 0 radical (unpaired) electrons. The Labute approximate surface area is 95.6 Å². The monoisotopic (exact) mass is 283 g/mol. The van der Waals surface area contributed by atoms with Crippen LogP contribution in [-0.2, 0) is 16.5 Å². The molecule has 6 nitrogen and oxygen atoms in total. The average molecular weight is 284 g/mol. The second-order valence-corrected chi connectivity index (χ2v) is 16.1. The Bertz CT molecular complexity index is 227. The molecule has 0 aromatic carbocycles. The van der Waals surface area contributed by atoms with Gasteiger partial charge >= 0.3 is 17.3 Å². The van der Waals surface area contributed by atoms with Crippen LogP contribution < -0.4 is 10.8 Å². The molecule has 1 saturated heterocycles. The lowest BCUT2D eigenvalue weighted by Crippen LogP contribution is -2.67. The maximum absolute atomic E-state index is 5.93. The standard InChI is InChI=1S/C5H19N2O4Si4/c1-13(2)8-12(6)9-15(5,7)11-14(3,4)10-13/h6-7H2,1-5H3/q-1. The molecule has 0 spiro atoms. The molecular weight excluding hydrogens is 264 g/mol. The van der Waals surface area contributed by atoms with Crippen LogP contribution in [0.1, 0.15) is 0 Å². The molecule has 1 aliphatic heterocycles. The Morgan fingerprint density at radius 2 is 1.40 bits per heavy atom. The van der Waals surface area contributed by atoms with Crippen molar-refractivity contribution < 1.29 is 16.5 Å². The van der Waals surface area contributed by atoms with Crippen molar-refractivity contribution in [1.29, 1.82) is 0 Å². The molecule has 1 unspecified atom stereocenters. The van der Waals surface area contributed by atoms with Gasteiger partial charge in [-0.2, -0.15) is 0 Å². The van der Waals surface area contributed by atoms with Crippen molar-refractivity contribution >= 4 is 35.3 Å². The van der Waals surface area contributed by atoms with Gasteiger partial charge in [-0.3, -0.25) is 0 Å². The van der Waals surface area contributed by atoms with Crippen molar-refractivity contribution in [2.24, 2.45) is 10.8 Å². The summed E-state index contributed by atoms with van der Waals surface area (Å²) < 4.78 is 22.8. The SMILES string of the molecule is C[Si]1(C)O[Si-](N)O[Si](C)(N)O[Si](C)(C)O1. The molecule has 1 rings (SSSR count). The van der Waals surface area contributed by atoms with E-state index in [1.807, 2.05) is 26.2 Å². The zero-order chi connectivity index (χ0) is 11.9. The number of hydrogen-bond donors (Lipinski definition) is 2. The lowest BCUT2D eigenvalue weighted by molar-refractivity contribution is 0.245. The predicted molar refractivity (Wildman–Crippen MR) is 65.1 cm³/mol. The molecule has 1 heterocycles. The van der Waals surface area contributed by atoms with Crippen molar-refractivity contribution in [3.8, 4) is 0 Å². The van der Waals surface area contributed by atoms with Gasteiger partial charge in [-0.15, -0.1) is 0 Å². The maximum Gasteiger partial charge on any atom is 0.370 e. The topological polar surface area (TPSA) is 89.0 Å². The van der Waals surface area contributed by atoms with Gasteiger partial charge in [0, 0.05) is 0 Å². The first kappa shape index (κ1) is 13.7. The summed E-state index contributed by atoms with van der Waals surface area (Å²) in [6, 6.07) is 0. The van der Waals surface area contributed by atoms with E-state index >= 15 is 0 Å². The van der Waals surface area contributed by atoms with Crippen LogP contribution in [0.15, 0.2) is 0 Å². The van der Waals surface area contributed by atoms with Crippen molar-refractivity contribution in [3.63, 3.8) is 0 Å². The van der Waals surface area contributed by atoms with Crippen molar-refractivity contribution in [3.05, 3.63) is 0 Å². The third-order valence-corrected chi connectivity index (χ3v) is 14.3. The minimum Gasteiger partial charge on any atom is -0.577 e. The lowest BCUT2D eigenvalue weighted by Gasteiger charge is -2.48. The Hall–Kier alpha value is 0.628. The van der Waals surface area contributed by atoms with Crippen LogP contribution in [0.25, 0.3) is 0 Å². The zero-order valence-electron chi connectivity index (χ0n) is 9.79. The van der Waals surface area contributed by atoms with Crippen LogP contribution >= 0.6 is 0 Å². The number of rotatable bonds is 0. The summed E-state index contributed by atoms with van der Waals surface area (Å²) in [7, 11) is -9.02. The summed E-state index contributed by atoms with van der Waals surface area (Å²) in [5.74, 6) is 0. The van der Waals surface area contributed by atoms with E-state index in [9.17, 15) is 0 Å². The van der Waals surface area contributed by atoms with E-state index in [0.717, 1.165) is 0 Å². The molecule has 1 aliphatic rings. The molecule has 0 aliphatic carbocycles. The lowest BCUT2D eigenvalue weighted by atomic mass is 11.9. The van der Waals surface area contributed by atoms with E-state index in [0.29, 0.717) is 0 Å². The fourth-order valence-electron chi connectivity index (χ4n) is 1.61. The Kier molecular flexibility index (Phi) is 3.78. The van der Waals surface area contributed by atoms with Crippen LogP contribution in [0.2, 0.25) is 32.7 Å². The van der Waals surface area contributed by atoms with Gasteiger partial charge in [-0.05, 0) is 32.7 Å². The molecule has 0 aromatic rings. The van der Waals surface area contributed by atoms with E-state index in [1.165, 1.54) is 0 Å². The highest BCUT2D eigenvalue weighted by Gasteiger charge is 2.43. The van der Waals surface area contributed by atoms with Gasteiger partial charge in [0.05, 0.1) is 0 Å². The average Bonchev–Trinajstić information content (AvgIpc) is 1.71. The molecule has 4 N–H and O–H groups in total. The highest BCUT2D eigenvalue weighted by atomic mass is 28.5. The summed E-state index contributed by atoms with van der Waals surface area (Å²) in [5.41, 5.74) is 0. The van der Waals surface area contributed by atoms with Gasteiger partial charge in [-0.1, -0.05) is 0 Å². The molecular formula is C5H19N2O4Si4-. The van der Waals surface area contributed by atoms with Crippen molar-refractivity contribution in [2.75, 3.05) is 0 Å². The highest BCUT2D eigenvalue weighted by molar-refractivity contribution is 6.88. The van der Waals surface area contributed by atoms with Crippen LogP contribution in [-0.4, -0.2) is 35.3 Å². The van der Waals surface area contributed by atoms with Gasteiger partial charge in [0.1, 0.15) is 9.45 Å².